The molecule has 0 aliphatic heterocycles. The molecule has 4 rings (SSSR count). The lowest BCUT2D eigenvalue weighted by atomic mass is 9.73. The number of hydrogen-bond acceptors (Lipinski definition) is 2. The van der Waals surface area contributed by atoms with E-state index in [1.807, 2.05) is 30.4 Å². The molecule has 1 aromatic rings. The Morgan fingerprint density at radius 2 is 1.71 bits per heavy atom. The maximum atomic E-state index is 12.6. The van der Waals surface area contributed by atoms with Crippen molar-refractivity contribution in [1.82, 2.24) is 0 Å². The van der Waals surface area contributed by atoms with Crippen LogP contribution in [0.15, 0.2) is 71.4 Å². The minimum Gasteiger partial charge on any atom is -0.293 e. The van der Waals surface area contributed by atoms with Gasteiger partial charge in [0.05, 0.1) is 11.3 Å². The van der Waals surface area contributed by atoms with Crippen molar-refractivity contribution < 1.29 is 9.59 Å². The molecule has 2 unspecified atom stereocenters. The van der Waals surface area contributed by atoms with Crippen LogP contribution in [0, 0.1) is 5.92 Å². The highest BCUT2D eigenvalue weighted by molar-refractivity contribution is 6.25. The van der Waals surface area contributed by atoms with E-state index in [0.717, 1.165) is 11.1 Å². The lowest BCUT2D eigenvalue weighted by Gasteiger charge is -2.28. The van der Waals surface area contributed by atoms with Crippen molar-refractivity contribution in [1.29, 1.82) is 0 Å². The first kappa shape index (κ1) is 12.5. The first-order valence-corrected chi connectivity index (χ1v) is 7.24. The van der Waals surface area contributed by atoms with Crippen LogP contribution in [0.4, 0.5) is 0 Å². The van der Waals surface area contributed by atoms with Crippen LogP contribution < -0.4 is 0 Å². The van der Waals surface area contributed by atoms with Crippen LogP contribution in [0.1, 0.15) is 20.7 Å². The summed E-state index contributed by atoms with van der Waals surface area (Å²) in [4.78, 5) is 25.3. The third-order valence-corrected chi connectivity index (χ3v) is 4.38. The summed E-state index contributed by atoms with van der Waals surface area (Å²) < 4.78 is 0. The van der Waals surface area contributed by atoms with Crippen LogP contribution >= 0.6 is 11.6 Å². The Morgan fingerprint density at radius 3 is 2.52 bits per heavy atom. The molecule has 102 valence electrons. The Labute approximate surface area is 127 Å². The van der Waals surface area contributed by atoms with E-state index in [9.17, 15) is 9.59 Å². The second-order valence-electron chi connectivity index (χ2n) is 5.36. The van der Waals surface area contributed by atoms with Gasteiger partial charge in [-0.25, -0.2) is 0 Å². The molecule has 0 heterocycles. The SMILES string of the molecule is O=C1C2=CC3=CC(Cl)C=CC3=CC2C(=O)c2ccccc21. The van der Waals surface area contributed by atoms with Gasteiger partial charge in [0.2, 0.25) is 0 Å². The normalized spacial score (nSPS) is 26.2. The topological polar surface area (TPSA) is 34.1 Å². The molecular weight excluding hydrogens is 284 g/mol. The van der Waals surface area contributed by atoms with Gasteiger partial charge in [-0.3, -0.25) is 9.59 Å². The van der Waals surface area contributed by atoms with Gasteiger partial charge in [-0.05, 0) is 17.2 Å². The summed E-state index contributed by atoms with van der Waals surface area (Å²) in [5.41, 5.74) is 3.44. The molecule has 0 saturated carbocycles. The first-order chi connectivity index (χ1) is 10.1. The van der Waals surface area contributed by atoms with E-state index in [-0.39, 0.29) is 16.9 Å². The van der Waals surface area contributed by atoms with E-state index in [1.54, 1.807) is 24.3 Å². The third kappa shape index (κ3) is 1.79. The van der Waals surface area contributed by atoms with Crippen molar-refractivity contribution in [2.75, 3.05) is 0 Å². The number of hydrogen-bond donors (Lipinski definition) is 0. The Hall–Kier alpha value is -2.19. The minimum atomic E-state index is -0.476. The van der Waals surface area contributed by atoms with Gasteiger partial charge in [0, 0.05) is 16.7 Å². The van der Waals surface area contributed by atoms with Crippen LogP contribution in [-0.4, -0.2) is 16.9 Å². The summed E-state index contributed by atoms with van der Waals surface area (Å²) in [5.74, 6) is -0.549. The molecule has 0 N–H and O–H groups in total. The van der Waals surface area contributed by atoms with Crippen molar-refractivity contribution in [2.45, 2.75) is 5.38 Å². The zero-order valence-corrected chi connectivity index (χ0v) is 11.8. The fourth-order valence-corrected chi connectivity index (χ4v) is 3.28. The number of carbonyl (C=O) groups excluding carboxylic acids is 2. The smallest absolute Gasteiger partial charge is 0.190 e. The first-order valence-electron chi connectivity index (χ1n) is 6.81. The minimum absolute atomic E-state index is 0.00982. The number of alkyl halides is 1. The molecule has 0 spiro atoms. The molecule has 1 aromatic carbocycles. The number of halogens is 1. The number of Topliss-reactive ketones (excluding diaryl/α,β-unsaturated/α-hetero) is 2. The van der Waals surface area contributed by atoms with Crippen LogP contribution in [0.2, 0.25) is 0 Å². The number of ketones is 2. The Morgan fingerprint density at radius 1 is 0.952 bits per heavy atom. The van der Waals surface area contributed by atoms with Gasteiger partial charge in [0.1, 0.15) is 0 Å². The maximum Gasteiger partial charge on any atom is 0.190 e. The molecule has 3 heteroatoms. The highest BCUT2D eigenvalue weighted by atomic mass is 35.5. The van der Waals surface area contributed by atoms with Gasteiger partial charge in [-0.15, -0.1) is 11.6 Å². The molecule has 3 aliphatic carbocycles. The average molecular weight is 295 g/mol. The fraction of sp³-hybridized carbons (Fsp3) is 0.111. The number of carbonyl (C=O) groups is 2. The zero-order valence-electron chi connectivity index (χ0n) is 11.0. The van der Waals surface area contributed by atoms with Crippen LogP contribution in [-0.2, 0) is 0 Å². The second-order valence-corrected chi connectivity index (χ2v) is 5.87. The summed E-state index contributed by atoms with van der Waals surface area (Å²) in [6.07, 6.45) is 9.37. The standard InChI is InChI=1S/C18H11ClO2/c19-12-6-5-10-8-15-16(9-11(10)7-12)18(21)14-4-2-1-3-13(14)17(15)20/h1-9,12,15H. The van der Waals surface area contributed by atoms with Gasteiger partial charge in [-0.1, -0.05) is 48.6 Å². The lowest BCUT2D eigenvalue weighted by Crippen LogP contribution is -2.30. The molecular formula is C18H11ClO2. The summed E-state index contributed by atoms with van der Waals surface area (Å²) >= 11 is 6.09. The molecule has 2 atom stereocenters. The van der Waals surface area contributed by atoms with Gasteiger partial charge in [0.25, 0.3) is 0 Å². The summed E-state index contributed by atoms with van der Waals surface area (Å²) in [7, 11) is 0. The molecule has 0 radical (unpaired) electrons. The zero-order chi connectivity index (χ0) is 14.6. The number of rotatable bonds is 0. The average Bonchev–Trinajstić information content (AvgIpc) is 2.51. The Bertz CT molecular complexity index is 808. The molecule has 0 aromatic heterocycles. The molecule has 2 nitrogen and oxygen atoms in total. The molecule has 0 saturated heterocycles. The largest absolute Gasteiger partial charge is 0.293 e. The highest BCUT2D eigenvalue weighted by Crippen LogP contribution is 2.38. The van der Waals surface area contributed by atoms with E-state index in [4.69, 9.17) is 11.6 Å². The highest BCUT2D eigenvalue weighted by Gasteiger charge is 2.37. The van der Waals surface area contributed by atoms with Crippen molar-refractivity contribution in [2.24, 2.45) is 5.92 Å². The van der Waals surface area contributed by atoms with Crippen molar-refractivity contribution >= 4 is 23.2 Å². The molecule has 0 bridgehead atoms. The maximum absolute atomic E-state index is 12.6. The van der Waals surface area contributed by atoms with Crippen molar-refractivity contribution in [3.05, 3.63) is 82.5 Å². The van der Waals surface area contributed by atoms with Crippen LogP contribution in [0.25, 0.3) is 0 Å². The Kier molecular flexibility index (Phi) is 2.63. The quantitative estimate of drug-likeness (QED) is 0.684. The predicted molar refractivity (Wildman–Crippen MR) is 81.6 cm³/mol. The lowest BCUT2D eigenvalue weighted by molar-refractivity contribution is 0.0903. The molecule has 3 aliphatic rings. The molecule has 0 fully saturated rings. The van der Waals surface area contributed by atoms with E-state index in [0.29, 0.717) is 16.7 Å². The van der Waals surface area contributed by atoms with Crippen LogP contribution in [0.3, 0.4) is 0 Å². The number of allylic oxidation sites excluding steroid dienone is 8. The van der Waals surface area contributed by atoms with Gasteiger partial charge in [0.15, 0.2) is 11.6 Å². The summed E-state index contributed by atoms with van der Waals surface area (Å²) in [6.45, 7) is 0. The predicted octanol–water partition coefficient (Wildman–Crippen LogP) is 3.65. The molecule has 0 amide bonds. The molecule has 21 heavy (non-hydrogen) atoms. The van der Waals surface area contributed by atoms with Gasteiger partial charge >= 0.3 is 0 Å². The van der Waals surface area contributed by atoms with Gasteiger partial charge in [-0.2, -0.15) is 0 Å². The third-order valence-electron chi connectivity index (χ3n) is 4.11. The van der Waals surface area contributed by atoms with Gasteiger partial charge < -0.3 is 0 Å². The van der Waals surface area contributed by atoms with Crippen LogP contribution in [0.5, 0.6) is 0 Å². The monoisotopic (exact) mass is 294 g/mol. The van der Waals surface area contributed by atoms with E-state index < -0.39 is 5.92 Å². The number of fused-ring (bicyclic) bond motifs is 3. The second kappa shape index (κ2) is 4.40. The Balaban J connectivity index is 1.91. The van der Waals surface area contributed by atoms with E-state index >= 15 is 0 Å². The van der Waals surface area contributed by atoms with Crippen molar-refractivity contribution in [3.8, 4) is 0 Å². The fourth-order valence-electron chi connectivity index (χ4n) is 3.07. The van der Waals surface area contributed by atoms with E-state index in [2.05, 4.69) is 0 Å². The summed E-state index contributed by atoms with van der Waals surface area (Å²) in [5, 5.41) is -0.174. The number of benzene rings is 1. The summed E-state index contributed by atoms with van der Waals surface area (Å²) in [6, 6.07) is 7.01. The van der Waals surface area contributed by atoms with Crippen molar-refractivity contribution in [3.63, 3.8) is 0 Å². The van der Waals surface area contributed by atoms with E-state index in [1.165, 1.54) is 0 Å².